The summed E-state index contributed by atoms with van der Waals surface area (Å²) >= 11 is 5.98. The van der Waals surface area contributed by atoms with Crippen LogP contribution in [0.2, 0.25) is 5.02 Å². The lowest BCUT2D eigenvalue weighted by molar-refractivity contribution is -0.205. The van der Waals surface area contributed by atoms with Crippen LogP contribution in [0.1, 0.15) is 38.3 Å². The Balaban J connectivity index is 1.61. The fraction of sp³-hybridized carbons (Fsp3) is 0.231. The predicted octanol–water partition coefficient (Wildman–Crippen LogP) is 4.91. The maximum absolute atomic E-state index is 14.9. The van der Waals surface area contributed by atoms with E-state index in [2.05, 4.69) is 5.32 Å². The molecule has 1 aliphatic heterocycles. The average Bonchev–Trinajstić information content (AvgIpc) is 2.92. The molecule has 3 aromatic rings. The lowest BCUT2D eigenvalue weighted by atomic mass is 9.86. The van der Waals surface area contributed by atoms with Crippen molar-refractivity contribution in [1.29, 1.82) is 0 Å². The quantitative estimate of drug-likeness (QED) is 0.458. The van der Waals surface area contributed by atoms with Gasteiger partial charge in [-0.15, -0.1) is 0 Å². The number of anilines is 2. The molecule has 10 heteroatoms. The Bertz CT molecular complexity index is 1330. The molecule has 2 amide bonds. The Morgan fingerprint density at radius 2 is 1.78 bits per heavy atom. The van der Waals surface area contributed by atoms with Crippen LogP contribution in [0.15, 0.2) is 60.7 Å². The van der Waals surface area contributed by atoms with E-state index >= 15 is 0 Å². The summed E-state index contributed by atoms with van der Waals surface area (Å²) in [5.41, 5.74) is -2.02. The summed E-state index contributed by atoms with van der Waals surface area (Å²) < 4.78 is 43.1. The molecule has 3 N–H and O–H groups in total. The van der Waals surface area contributed by atoms with Gasteiger partial charge in [0.15, 0.2) is 5.60 Å². The average molecular weight is 519 g/mol. The van der Waals surface area contributed by atoms with E-state index < -0.39 is 48.7 Å². The lowest BCUT2D eigenvalue weighted by Crippen LogP contribution is -2.48. The molecule has 0 spiro atoms. The molecule has 0 saturated heterocycles. The normalized spacial score (nSPS) is 18.8. The van der Waals surface area contributed by atoms with E-state index in [4.69, 9.17) is 11.6 Å². The number of aliphatic hydroxyl groups excluding tert-OH is 1. The predicted molar refractivity (Wildman–Crippen MR) is 129 cm³/mol. The van der Waals surface area contributed by atoms with E-state index in [1.54, 1.807) is 6.92 Å². The zero-order chi connectivity index (χ0) is 26.3. The van der Waals surface area contributed by atoms with Crippen molar-refractivity contribution in [2.75, 3.05) is 23.4 Å². The number of amides is 2. The molecule has 0 bridgehead atoms. The maximum Gasteiger partial charge on any atom is 0.284 e. The minimum atomic E-state index is -3.73. The second kappa shape index (κ2) is 9.57. The first-order valence-electron chi connectivity index (χ1n) is 11.0. The molecule has 0 aromatic heterocycles. The van der Waals surface area contributed by atoms with Crippen LogP contribution in [0.3, 0.4) is 0 Å². The minimum absolute atomic E-state index is 0.00212. The van der Waals surface area contributed by atoms with Gasteiger partial charge in [-0.3, -0.25) is 9.59 Å². The van der Waals surface area contributed by atoms with Gasteiger partial charge in [0.05, 0.1) is 12.3 Å². The molecule has 6 nitrogen and oxygen atoms in total. The molecule has 1 atom stereocenters. The zero-order valence-electron chi connectivity index (χ0n) is 19.1. The Morgan fingerprint density at radius 3 is 2.42 bits per heavy atom. The Morgan fingerprint density at radius 1 is 1.08 bits per heavy atom. The number of alkyl halides is 2. The number of carbonyl (C=O) groups is 2. The molecule has 1 aliphatic rings. The molecule has 1 heterocycles. The zero-order valence-corrected chi connectivity index (χ0v) is 19.8. The molecule has 0 unspecified atom stereocenters. The molecule has 0 aliphatic carbocycles. The van der Waals surface area contributed by atoms with Gasteiger partial charge >= 0.3 is 0 Å². The first-order valence-corrected chi connectivity index (χ1v) is 11.3. The lowest BCUT2D eigenvalue weighted by Gasteiger charge is -2.33. The van der Waals surface area contributed by atoms with E-state index in [1.165, 1.54) is 54.6 Å². The number of hydrogen-bond donors (Lipinski definition) is 3. The van der Waals surface area contributed by atoms with Crippen LogP contribution >= 0.6 is 11.6 Å². The van der Waals surface area contributed by atoms with Crippen LogP contribution in [0.5, 0.6) is 0 Å². The number of benzene rings is 3. The number of aliphatic hydroxyl groups is 2. The van der Waals surface area contributed by atoms with Gasteiger partial charge in [-0.1, -0.05) is 11.6 Å². The summed E-state index contributed by atoms with van der Waals surface area (Å²) in [6, 6.07) is 13.4. The van der Waals surface area contributed by atoms with E-state index in [0.29, 0.717) is 11.3 Å². The van der Waals surface area contributed by atoms with Gasteiger partial charge in [-0.25, -0.2) is 13.2 Å². The molecular formula is C26H22ClF3N2O4. The molecule has 4 rings (SSSR count). The number of fused-ring (bicyclic) bond motifs is 1. The second-order valence-electron chi connectivity index (χ2n) is 8.58. The third kappa shape index (κ3) is 4.57. The van der Waals surface area contributed by atoms with Gasteiger partial charge < -0.3 is 20.4 Å². The van der Waals surface area contributed by atoms with Crippen LogP contribution < -0.4 is 10.2 Å². The summed E-state index contributed by atoms with van der Waals surface area (Å²) in [6.07, 6.45) is -0.896. The van der Waals surface area contributed by atoms with Crippen molar-refractivity contribution in [2.24, 2.45) is 0 Å². The van der Waals surface area contributed by atoms with Gasteiger partial charge in [0.1, 0.15) is 5.82 Å². The third-order valence-corrected chi connectivity index (χ3v) is 6.48. The SMILES string of the molecule is Cc1cc(F)ccc1C(=O)Nc1ccc(C(=O)N2CCC(F)(F)[C@](O)(CO)c3cc(Cl)ccc32)cc1. The van der Waals surface area contributed by atoms with Crippen molar-refractivity contribution in [3.8, 4) is 0 Å². The van der Waals surface area contributed by atoms with E-state index in [0.717, 1.165) is 11.0 Å². The highest BCUT2D eigenvalue weighted by atomic mass is 35.5. The van der Waals surface area contributed by atoms with Gasteiger partial charge in [0.25, 0.3) is 17.7 Å². The number of carbonyl (C=O) groups excluding carboxylic acids is 2. The Kier molecular flexibility index (Phi) is 6.83. The maximum atomic E-state index is 14.9. The largest absolute Gasteiger partial charge is 0.393 e. The number of rotatable bonds is 4. The molecule has 0 fully saturated rings. The number of aryl methyl sites for hydroxylation is 1. The Hall–Kier alpha value is -3.40. The van der Waals surface area contributed by atoms with Gasteiger partial charge in [0, 0.05) is 40.4 Å². The molecule has 0 saturated carbocycles. The van der Waals surface area contributed by atoms with Crippen molar-refractivity contribution in [3.63, 3.8) is 0 Å². The van der Waals surface area contributed by atoms with Crippen molar-refractivity contribution in [1.82, 2.24) is 0 Å². The van der Waals surface area contributed by atoms with Crippen LogP contribution in [0, 0.1) is 12.7 Å². The number of hydrogen-bond acceptors (Lipinski definition) is 4. The minimum Gasteiger partial charge on any atom is -0.393 e. The van der Waals surface area contributed by atoms with Crippen molar-refractivity contribution >= 4 is 34.8 Å². The van der Waals surface area contributed by atoms with E-state index in [1.807, 2.05) is 0 Å². The summed E-state index contributed by atoms with van der Waals surface area (Å²) in [6.45, 7) is -0.0875. The molecule has 36 heavy (non-hydrogen) atoms. The summed E-state index contributed by atoms with van der Waals surface area (Å²) in [5.74, 6) is -5.28. The first-order chi connectivity index (χ1) is 17.0. The van der Waals surface area contributed by atoms with Crippen molar-refractivity contribution < 1.29 is 33.0 Å². The van der Waals surface area contributed by atoms with Gasteiger partial charge in [-0.05, 0) is 73.2 Å². The van der Waals surface area contributed by atoms with E-state index in [-0.39, 0.29) is 27.4 Å². The highest BCUT2D eigenvalue weighted by Gasteiger charge is 2.56. The van der Waals surface area contributed by atoms with Crippen LogP contribution in [-0.4, -0.2) is 41.1 Å². The second-order valence-corrected chi connectivity index (χ2v) is 9.02. The third-order valence-electron chi connectivity index (χ3n) is 6.25. The highest BCUT2D eigenvalue weighted by Crippen LogP contribution is 2.47. The summed E-state index contributed by atoms with van der Waals surface area (Å²) in [4.78, 5) is 27.0. The van der Waals surface area contributed by atoms with Crippen molar-refractivity contribution in [3.05, 3.63) is 93.8 Å². The van der Waals surface area contributed by atoms with Crippen molar-refractivity contribution in [2.45, 2.75) is 24.9 Å². The van der Waals surface area contributed by atoms with Gasteiger partial charge in [-0.2, -0.15) is 0 Å². The molecule has 188 valence electrons. The van der Waals surface area contributed by atoms with Crippen LogP contribution in [0.4, 0.5) is 24.5 Å². The van der Waals surface area contributed by atoms with Crippen LogP contribution in [-0.2, 0) is 5.60 Å². The van der Waals surface area contributed by atoms with Gasteiger partial charge in [0.2, 0.25) is 0 Å². The Labute approximate surface area is 209 Å². The topological polar surface area (TPSA) is 89.9 Å². The monoisotopic (exact) mass is 518 g/mol. The molecule has 3 aromatic carbocycles. The molecule has 0 radical (unpaired) electrons. The standard InChI is InChI=1S/C26H22ClF3N2O4/c1-15-12-18(28)5-8-20(15)23(34)31-19-6-2-16(3-7-19)24(35)32-11-10-26(29,30)25(36,14-33)21-13-17(27)4-9-22(21)32/h2-9,12-13,33,36H,10-11,14H2,1H3,(H,31,34)/t25-/m0/s1. The summed E-state index contributed by atoms with van der Waals surface area (Å²) in [5, 5.41) is 23.1. The smallest absolute Gasteiger partial charge is 0.284 e. The molecular weight excluding hydrogens is 497 g/mol. The number of nitrogens with zero attached hydrogens (tertiary/aromatic N) is 1. The highest BCUT2D eigenvalue weighted by molar-refractivity contribution is 6.30. The number of nitrogens with one attached hydrogen (secondary N) is 1. The van der Waals surface area contributed by atoms with E-state index in [9.17, 15) is 33.0 Å². The van der Waals surface area contributed by atoms with Crippen LogP contribution in [0.25, 0.3) is 0 Å². The number of halogens is 4. The fourth-order valence-corrected chi connectivity index (χ4v) is 4.37. The fourth-order valence-electron chi connectivity index (χ4n) is 4.20. The first kappa shape index (κ1) is 25.7. The summed E-state index contributed by atoms with van der Waals surface area (Å²) in [7, 11) is 0.